The summed E-state index contributed by atoms with van der Waals surface area (Å²) < 4.78 is 33.2. The largest absolute Gasteiger partial charge is 0.497 e. The van der Waals surface area contributed by atoms with Crippen molar-refractivity contribution in [3.63, 3.8) is 0 Å². The Morgan fingerprint density at radius 3 is 2.33 bits per heavy atom. The summed E-state index contributed by atoms with van der Waals surface area (Å²) in [5.41, 5.74) is 3.02. The van der Waals surface area contributed by atoms with Crippen molar-refractivity contribution in [2.45, 2.75) is 56.8 Å². The number of piperidine rings is 1. The molecule has 2 aromatic carbocycles. The fourth-order valence-corrected chi connectivity index (χ4v) is 8.02. The second-order valence-electron chi connectivity index (χ2n) is 9.99. The van der Waals surface area contributed by atoms with Gasteiger partial charge in [-0.25, -0.2) is 8.42 Å². The summed E-state index contributed by atoms with van der Waals surface area (Å²) in [5.74, 6) is -0.0259. The van der Waals surface area contributed by atoms with Crippen molar-refractivity contribution >= 4 is 43.9 Å². The second kappa shape index (κ2) is 11.5. The number of nitrogens with one attached hydrogen (secondary N) is 2. The summed E-state index contributed by atoms with van der Waals surface area (Å²) in [6.45, 7) is 2.76. The van der Waals surface area contributed by atoms with E-state index in [0.717, 1.165) is 55.4 Å². The molecule has 10 heteroatoms. The molecular weight excluding hydrogens is 534 g/mol. The first-order chi connectivity index (χ1) is 18.8. The van der Waals surface area contributed by atoms with Gasteiger partial charge in [0.15, 0.2) is 0 Å². The van der Waals surface area contributed by atoms with E-state index in [0.29, 0.717) is 40.7 Å². The normalized spacial score (nSPS) is 15.8. The second-order valence-corrected chi connectivity index (χ2v) is 13.0. The highest BCUT2D eigenvalue weighted by Gasteiger charge is 2.29. The van der Waals surface area contributed by atoms with Gasteiger partial charge in [-0.05, 0) is 93.0 Å². The highest BCUT2D eigenvalue weighted by atomic mass is 32.2. The van der Waals surface area contributed by atoms with Gasteiger partial charge < -0.3 is 15.4 Å². The highest BCUT2D eigenvalue weighted by molar-refractivity contribution is 7.89. The lowest BCUT2D eigenvalue weighted by atomic mass is 9.95. The number of rotatable bonds is 7. The van der Waals surface area contributed by atoms with E-state index in [-0.39, 0.29) is 16.4 Å². The summed E-state index contributed by atoms with van der Waals surface area (Å²) in [4.78, 5) is 28.3. The number of carbonyl (C=O) groups excluding carboxylic acids is 2. The van der Waals surface area contributed by atoms with Gasteiger partial charge >= 0.3 is 0 Å². The minimum Gasteiger partial charge on any atom is -0.497 e. The number of fused-ring (bicyclic) bond motifs is 1. The Balaban J connectivity index is 1.43. The van der Waals surface area contributed by atoms with Gasteiger partial charge in [0.1, 0.15) is 10.8 Å². The number of anilines is 2. The fraction of sp³-hybridized carbons (Fsp3) is 0.379. The number of hydrogen-bond donors (Lipinski definition) is 2. The summed E-state index contributed by atoms with van der Waals surface area (Å²) >= 11 is 1.43. The average molecular weight is 568 g/mol. The smallest absolute Gasteiger partial charge is 0.258 e. The van der Waals surface area contributed by atoms with Gasteiger partial charge in [-0.2, -0.15) is 4.31 Å². The lowest BCUT2D eigenvalue weighted by Crippen LogP contribution is -2.35. The van der Waals surface area contributed by atoms with Crippen LogP contribution in [0.5, 0.6) is 5.75 Å². The minimum atomic E-state index is -3.69. The lowest BCUT2D eigenvalue weighted by molar-refractivity contribution is 0.102. The van der Waals surface area contributed by atoms with Crippen LogP contribution in [0.15, 0.2) is 47.4 Å². The van der Waals surface area contributed by atoms with Crippen LogP contribution in [0.2, 0.25) is 0 Å². The van der Waals surface area contributed by atoms with Gasteiger partial charge in [0.2, 0.25) is 10.0 Å². The zero-order valence-corrected chi connectivity index (χ0v) is 23.8. The number of methoxy groups -OCH3 is 1. The number of sulfonamides is 1. The van der Waals surface area contributed by atoms with E-state index in [2.05, 4.69) is 10.6 Å². The zero-order valence-electron chi connectivity index (χ0n) is 22.2. The highest BCUT2D eigenvalue weighted by Crippen LogP contribution is 2.39. The number of carbonyl (C=O) groups is 2. The molecule has 1 aliphatic heterocycles. The van der Waals surface area contributed by atoms with E-state index in [1.807, 2.05) is 0 Å². The van der Waals surface area contributed by atoms with Crippen molar-refractivity contribution in [2.75, 3.05) is 30.8 Å². The molecule has 1 fully saturated rings. The van der Waals surface area contributed by atoms with Gasteiger partial charge in [-0.15, -0.1) is 11.3 Å². The Morgan fingerprint density at radius 2 is 1.62 bits per heavy atom. The van der Waals surface area contributed by atoms with E-state index < -0.39 is 15.9 Å². The molecule has 2 N–H and O–H groups in total. The number of nitrogens with zero attached hydrogens (tertiary/aromatic N) is 1. The van der Waals surface area contributed by atoms with Crippen LogP contribution >= 0.6 is 11.3 Å². The Labute approximate surface area is 233 Å². The number of ether oxygens (including phenoxy) is 1. The maximum absolute atomic E-state index is 13.5. The van der Waals surface area contributed by atoms with E-state index in [1.54, 1.807) is 50.4 Å². The third-order valence-electron chi connectivity index (χ3n) is 7.38. The lowest BCUT2D eigenvalue weighted by Gasteiger charge is -2.26. The van der Waals surface area contributed by atoms with E-state index >= 15 is 0 Å². The van der Waals surface area contributed by atoms with Gasteiger partial charge in [0.25, 0.3) is 11.8 Å². The predicted molar refractivity (Wildman–Crippen MR) is 154 cm³/mol. The average Bonchev–Trinajstić information content (AvgIpc) is 3.31. The fourth-order valence-electron chi connectivity index (χ4n) is 5.19. The molecule has 3 aromatic rings. The van der Waals surface area contributed by atoms with Crippen molar-refractivity contribution in [2.24, 2.45) is 0 Å². The van der Waals surface area contributed by atoms with Crippen molar-refractivity contribution in [1.82, 2.24) is 4.31 Å². The molecule has 39 heavy (non-hydrogen) atoms. The topological polar surface area (TPSA) is 105 Å². The standard InChI is InChI=1S/C29H33N3O5S2/c1-19-10-15-22(39(35,36)32-16-6-3-7-17-32)18-24(19)27(33)31-29-26(23-8-4-5-9-25(23)38-29)28(34)30-20-11-13-21(37-2)14-12-20/h10-15,18H,3-9,16-17H2,1-2H3,(H,30,34)(H,31,33). The summed E-state index contributed by atoms with van der Waals surface area (Å²) in [5, 5.41) is 6.40. The molecule has 206 valence electrons. The molecule has 2 aliphatic rings. The summed E-state index contributed by atoms with van der Waals surface area (Å²) in [6.07, 6.45) is 6.35. The number of aryl methyl sites for hydroxylation is 2. The molecule has 8 nitrogen and oxygen atoms in total. The van der Waals surface area contributed by atoms with Crippen LogP contribution in [-0.2, 0) is 22.9 Å². The first-order valence-corrected chi connectivity index (χ1v) is 15.6. The SMILES string of the molecule is COc1ccc(NC(=O)c2c(NC(=O)c3cc(S(=O)(=O)N4CCCCC4)ccc3C)sc3c2CCCC3)cc1. The molecule has 1 aromatic heterocycles. The van der Waals surface area contributed by atoms with Crippen molar-refractivity contribution in [1.29, 1.82) is 0 Å². The van der Waals surface area contributed by atoms with Gasteiger partial charge in [0.05, 0.1) is 17.6 Å². The Hall–Kier alpha value is -3.21. The van der Waals surface area contributed by atoms with Crippen LogP contribution in [0.25, 0.3) is 0 Å². The molecule has 0 saturated carbocycles. The van der Waals surface area contributed by atoms with E-state index in [4.69, 9.17) is 4.74 Å². The number of benzene rings is 2. The Morgan fingerprint density at radius 1 is 0.897 bits per heavy atom. The maximum atomic E-state index is 13.5. The van der Waals surface area contributed by atoms with Crippen molar-refractivity contribution < 1.29 is 22.7 Å². The summed E-state index contributed by atoms with van der Waals surface area (Å²) in [6, 6.07) is 11.8. The third kappa shape index (κ3) is 5.73. The van der Waals surface area contributed by atoms with Crippen LogP contribution in [0, 0.1) is 6.92 Å². The van der Waals surface area contributed by atoms with Crippen LogP contribution in [0.1, 0.15) is 68.8 Å². The monoisotopic (exact) mass is 567 g/mol. The van der Waals surface area contributed by atoms with Gasteiger partial charge in [-0.3, -0.25) is 9.59 Å². The molecular formula is C29H33N3O5S2. The predicted octanol–water partition coefficient (Wildman–Crippen LogP) is 5.62. The van der Waals surface area contributed by atoms with Crippen LogP contribution in [0.4, 0.5) is 10.7 Å². The molecule has 0 unspecified atom stereocenters. The van der Waals surface area contributed by atoms with E-state index in [1.165, 1.54) is 21.7 Å². The van der Waals surface area contributed by atoms with Crippen LogP contribution in [-0.4, -0.2) is 44.7 Å². The van der Waals surface area contributed by atoms with Crippen molar-refractivity contribution in [3.8, 4) is 5.75 Å². The molecule has 0 bridgehead atoms. The summed E-state index contributed by atoms with van der Waals surface area (Å²) in [7, 11) is -2.10. The molecule has 0 radical (unpaired) electrons. The number of hydrogen-bond acceptors (Lipinski definition) is 6. The molecule has 1 saturated heterocycles. The number of thiophene rings is 1. The maximum Gasteiger partial charge on any atom is 0.258 e. The first kappa shape index (κ1) is 27.4. The molecule has 0 atom stereocenters. The van der Waals surface area contributed by atoms with Gasteiger partial charge in [-0.1, -0.05) is 12.5 Å². The van der Waals surface area contributed by atoms with E-state index in [9.17, 15) is 18.0 Å². The van der Waals surface area contributed by atoms with Gasteiger partial charge in [0, 0.05) is 29.2 Å². The molecule has 5 rings (SSSR count). The van der Waals surface area contributed by atoms with Crippen LogP contribution in [0.3, 0.4) is 0 Å². The Kier molecular flexibility index (Phi) is 8.06. The van der Waals surface area contributed by atoms with Crippen LogP contribution < -0.4 is 15.4 Å². The molecule has 2 amide bonds. The molecule has 2 heterocycles. The Bertz CT molecular complexity index is 1490. The first-order valence-electron chi connectivity index (χ1n) is 13.3. The molecule has 1 aliphatic carbocycles. The number of amides is 2. The molecule has 0 spiro atoms. The third-order valence-corrected chi connectivity index (χ3v) is 10.5. The quantitative estimate of drug-likeness (QED) is 0.385. The minimum absolute atomic E-state index is 0.114. The zero-order chi connectivity index (χ0) is 27.6. The van der Waals surface area contributed by atoms with Crippen molar-refractivity contribution in [3.05, 3.63) is 69.6 Å².